The molecule has 0 atom stereocenters. The fourth-order valence-electron chi connectivity index (χ4n) is 4.38. The highest BCUT2D eigenvalue weighted by Crippen LogP contribution is 2.24. The van der Waals surface area contributed by atoms with Crippen LogP contribution < -0.4 is 15.0 Å². The van der Waals surface area contributed by atoms with E-state index in [0.717, 1.165) is 24.3 Å². The monoisotopic (exact) mass is 543 g/mol. The lowest BCUT2D eigenvalue weighted by molar-refractivity contribution is -0.113. The van der Waals surface area contributed by atoms with Crippen LogP contribution in [-0.4, -0.2) is 66.0 Å². The molecular weight excluding hydrogens is 514 g/mol. The number of carbonyl (C=O) groups is 2. The third-order valence-electron chi connectivity index (χ3n) is 6.39. The number of para-hydroxylation sites is 1. The number of hydrogen-bond acceptors (Lipinski definition) is 8. The standard InChI is InChI=1S/C29H29N5O4S/c1-37-25-10-6-5-9-24(25)28(36)34-17-15-33(16-18-34)23-13-11-22(12-14-23)30-26(35)20-39-29-32-31-27(38-29)19-21-7-3-2-4-8-21/h2-14H,15-20H2,1H3,(H,30,35). The van der Waals surface area contributed by atoms with Gasteiger partial charge in [-0.1, -0.05) is 54.2 Å². The molecule has 0 aliphatic carbocycles. The van der Waals surface area contributed by atoms with Crippen LogP contribution in [0.25, 0.3) is 0 Å². The minimum atomic E-state index is -0.154. The second kappa shape index (κ2) is 12.5. The number of methoxy groups -OCH3 is 1. The Morgan fingerprint density at radius 1 is 0.923 bits per heavy atom. The van der Waals surface area contributed by atoms with Gasteiger partial charge in [0, 0.05) is 37.6 Å². The van der Waals surface area contributed by atoms with E-state index >= 15 is 0 Å². The zero-order chi connectivity index (χ0) is 27.0. The fraction of sp³-hybridized carbons (Fsp3) is 0.241. The molecule has 2 amide bonds. The SMILES string of the molecule is COc1ccccc1C(=O)N1CCN(c2ccc(NC(=O)CSc3nnc(Cc4ccccc4)o3)cc2)CC1. The molecule has 10 heteroatoms. The number of carbonyl (C=O) groups excluding carboxylic acids is 2. The van der Waals surface area contributed by atoms with Gasteiger partial charge >= 0.3 is 0 Å². The molecule has 0 spiro atoms. The van der Waals surface area contributed by atoms with Crippen molar-refractivity contribution in [2.24, 2.45) is 0 Å². The Bertz CT molecular complexity index is 1400. The average molecular weight is 544 g/mol. The number of aromatic nitrogens is 2. The van der Waals surface area contributed by atoms with E-state index in [-0.39, 0.29) is 17.6 Å². The molecular formula is C29H29N5O4S. The molecule has 1 aliphatic heterocycles. The molecule has 0 unspecified atom stereocenters. The van der Waals surface area contributed by atoms with Gasteiger partial charge in [0.2, 0.25) is 11.8 Å². The number of thioether (sulfide) groups is 1. The number of anilines is 2. The summed E-state index contributed by atoms with van der Waals surface area (Å²) >= 11 is 1.21. The Balaban J connectivity index is 1.07. The molecule has 3 aromatic carbocycles. The van der Waals surface area contributed by atoms with Crippen LogP contribution in [0.15, 0.2) is 88.5 Å². The van der Waals surface area contributed by atoms with Crippen LogP contribution in [0.1, 0.15) is 21.8 Å². The van der Waals surface area contributed by atoms with Gasteiger partial charge in [0.1, 0.15) is 5.75 Å². The molecule has 1 N–H and O–H groups in total. The van der Waals surface area contributed by atoms with E-state index in [1.165, 1.54) is 11.8 Å². The highest BCUT2D eigenvalue weighted by atomic mass is 32.2. The van der Waals surface area contributed by atoms with Crippen molar-refractivity contribution in [3.8, 4) is 5.75 Å². The number of amides is 2. The number of nitrogens with zero attached hydrogens (tertiary/aromatic N) is 4. The van der Waals surface area contributed by atoms with Gasteiger partial charge in [0.15, 0.2) is 0 Å². The Morgan fingerprint density at radius 3 is 2.38 bits per heavy atom. The molecule has 1 aromatic heterocycles. The van der Waals surface area contributed by atoms with Crippen molar-refractivity contribution in [1.29, 1.82) is 0 Å². The van der Waals surface area contributed by atoms with Crippen molar-refractivity contribution >= 4 is 35.0 Å². The topological polar surface area (TPSA) is 101 Å². The van der Waals surface area contributed by atoms with Crippen molar-refractivity contribution in [2.75, 3.05) is 49.3 Å². The zero-order valence-electron chi connectivity index (χ0n) is 21.6. The van der Waals surface area contributed by atoms with E-state index in [4.69, 9.17) is 9.15 Å². The van der Waals surface area contributed by atoms with E-state index in [1.807, 2.05) is 71.6 Å². The van der Waals surface area contributed by atoms with Gasteiger partial charge in [-0.15, -0.1) is 10.2 Å². The second-order valence-electron chi connectivity index (χ2n) is 8.99. The normalized spacial score (nSPS) is 13.3. The highest BCUT2D eigenvalue weighted by Gasteiger charge is 2.24. The summed E-state index contributed by atoms with van der Waals surface area (Å²) in [4.78, 5) is 29.5. The summed E-state index contributed by atoms with van der Waals surface area (Å²) in [6.07, 6.45) is 0.556. The lowest BCUT2D eigenvalue weighted by atomic mass is 10.1. The Kier molecular flexibility index (Phi) is 8.42. The second-order valence-corrected chi connectivity index (χ2v) is 9.91. The maximum absolute atomic E-state index is 13.0. The van der Waals surface area contributed by atoms with Gasteiger partial charge in [0.05, 0.1) is 24.8 Å². The molecule has 5 rings (SSSR count). The van der Waals surface area contributed by atoms with Crippen LogP contribution in [0.3, 0.4) is 0 Å². The first kappa shape index (κ1) is 26.3. The van der Waals surface area contributed by atoms with Gasteiger partial charge < -0.3 is 24.3 Å². The van der Waals surface area contributed by atoms with Crippen molar-refractivity contribution < 1.29 is 18.7 Å². The number of hydrogen-bond donors (Lipinski definition) is 1. The molecule has 1 fully saturated rings. The van der Waals surface area contributed by atoms with Crippen LogP contribution >= 0.6 is 11.8 Å². The molecule has 0 bridgehead atoms. The van der Waals surface area contributed by atoms with Crippen LogP contribution in [0.2, 0.25) is 0 Å². The number of benzene rings is 3. The van der Waals surface area contributed by atoms with Gasteiger partial charge in [-0.3, -0.25) is 9.59 Å². The molecule has 200 valence electrons. The largest absolute Gasteiger partial charge is 0.496 e. The van der Waals surface area contributed by atoms with E-state index < -0.39 is 0 Å². The first-order valence-electron chi connectivity index (χ1n) is 12.7. The number of piperazine rings is 1. The minimum Gasteiger partial charge on any atom is -0.496 e. The maximum atomic E-state index is 13.0. The average Bonchev–Trinajstić information content (AvgIpc) is 3.44. The van der Waals surface area contributed by atoms with Crippen molar-refractivity contribution in [2.45, 2.75) is 11.6 Å². The molecule has 2 heterocycles. The summed E-state index contributed by atoms with van der Waals surface area (Å²) < 4.78 is 11.0. The van der Waals surface area contributed by atoms with E-state index in [1.54, 1.807) is 19.2 Å². The smallest absolute Gasteiger partial charge is 0.277 e. The summed E-state index contributed by atoms with van der Waals surface area (Å²) in [5.74, 6) is 1.10. The summed E-state index contributed by atoms with van der Waals surface area (Å²) in [6.45, 7) is 2.68. The Hall–Kier alpha value is -4.31. The summed E-state index contributed by atoms with van der Waals surface area (Å²) in [5, 5.41) is 11.4. The van der Waals surface area contributed by atoms with E-state index in [9.17, 15) is 9.59 Å². The molecule has 4 aromatic rings. The van der Waals surface area contributed by atoms with E-state index in [0.29, 0.717) is 47.6 Å². The summed E-state index contributed by atoms with van der Waals surface area (Å²) in [7, 11) is 1.57. The van der Waals surface area contributed by atoms with Gasteiger partial charge in [-0.25, -0.2) is 0 Å². The minimum absolute atomic E-state index is 0.0176. The van der Waals surface area contributed by atoms with Crippen molar-refractivity contribution in [3.63, 3.8) is 0 Å². The van der Waals surface area contributed by atoms with Crippen molar-refractivity contribution in [3.05, 3.63) is 95.9 Å². The summed E-state index contributed by atoms with van der Waals surface area (Å²) in [5.41, 5.74) is 3.42. The predicted molar refractivity (Wildman–Crippen MR) is 150 cm³/mol. The molecule has 1 saturated heterocycles. The van der Waals surface area contributed by atoms with Crippen LogP contribution in [0.4, 0.5) is 11.4 Å². The Morgan fingerprint density at radius 2 is 1.64 bits per heavy atom. The van der Waals surface area contributed by atoms with E-state index in [2.05, 4.69) is 20.4 Å². The maximum Gasteiger partial charge on any atom is 0.277 e. The third kappa shape index (κ3) is 6.77. The van der Waals surface area contributed by atoms with Crippen LogP contribution in [0.5, 0.6) is 5.75 Å². The third-order valence-corrected chi connectivity index (χ3v) is 7.21. The first-order chi connectivity index (χ1) is 19.1. The first-order valence-corrected chi connectivity index (χ1v) is 13.6. The van der Waals surface area contributed by atoms with Gasteiger partial charge in [-0.2, -0.15) is 0 Å². The highest BCUT2D eigenvalue weighted by molar-refractivity contribution is 7.99. The van der Waals surface area contributed by atoms with Gasteiger partial charge in [-0.05, 0) is 42.0 Å². The van der Waals surface area contributed by atoms with Crippen LogP contribution in [0, 0.1) is 0 Å². The molecule has 39 heavy (non-hydrogen) atoms. The molecule has 0 saturated carbocycles. The predicted octanol–water partition coefficient (Wildman–Crippen LogP) is 4.36. The van der Waals surface area contributed by atoms with Crippen LogP contribution in [-0.2, 0) is 11.2 Å². The summed E-state index contributed by atoms with van der Waals surface area (Å²) in [6, 6.07) is 24.9. The quantitative estimate of drug-likeness (QED) is 0.311. The number of rotatable bonds is 9. The lowest BCUT2D eigenvalue weighted by Gasteiger charge is -2.36. The Labute approximate surface area is 231 Å². The fourth-order valence-corrected chi connectivity index (χ4v) is 4.96. The molecule has 9 nitrogen and oxygen atoms in total. The lowest BCUT2D eigenvalue weighted by Crippen LogP contribution is -2.48. The van der Waals surface area contributed by atoms with Gasteiger partial charge in [0.25, 0.3) is 11.1 Å². The number of nitrogens with one attached hydrogen (secondary N) is 1. The molecule has 0 radical (unpaired) electrons. The number of ether oxygens (including phenoxy) is 1. The zero-order valence-corrected chi connectivity index (χ0v) is 22.4. The van der Waals surface area contributed by atoms with Crippen molar-refractivity contribution in [1.82, 2.24) is 15.1 Å². The molecule has 1 aliphatic rings.